The lowest BCUT2D eigenvalue weighted by molar-refractivity contribution is 0.0600. The van der Waals surface area contributed by atoms with Crippen LogP contribution < -0.4 is 10.9 Å². The maximum absolute atomic E-state index is 11.9. The molecule has 0 aliphatic rings. The highest BCUT2D eigenvalue weighted by Crippen LogP contribution is 2.12. The molecule has 0 aliphatic carbocycles. The Labute approximate surface area is 114 Å². The number of rotatable bonds is 3. The predicted octanol–water partition coefficient (Wildman–Crippen LogP) is 1.68. The maximum Gasteiger partial charge on any atom is 0.337 e. The van der Waals surface area contributed by atoms with E-state index < -0.39 is 17.5 Å². The Kier molecular flexibility index (Phi) is 3.95. The van der Waals surface area contributed by atoms with E-state index in [0.717, 1.165) is 12.3 Å². The number of methoxy groups -OCH3 is 1. The molecule has 2 aromatic rings. The fourth-order valence-corrected chi connectivity index (χ4v) is 1.53. The Morgan fingerprint density at radius 1 is 1.15 bits per heavy atom. The summed E-state index contributed by atoms with van der Waals surface area (Å²) in [4.78, 5) is 34.1. The van der Waals surface area contributed by atoms with Crippen molar-refractivity contribution in [1.82, 2.24) is 0 Å². The third-order valence-electron chi connectivity index (χ3n) is 2.50. The molecule has 102 valence electrons. The fourth-order valence-electron chi connectivity index (χ4n) is 1.53. The van der Waals surface area contributed by atoms with Gasteiger partial charge in [0.05, 0.1) is 18.2 Å². The van der Waals surface area contributed by atoms with E-state index in [1.165, 1.54) is 19.2 Å². The lowest BCUT2D eigenvalue weighted by atomic mass is 10.2. The van der Waals surface area contributed by atoms with Gasteiger partial charge >= 0.3 is 11.6 Å². The van der Waals surface area contributed by atoms with Crippen molar-refractivity contribution in [3.8, 4) is 0 Å². The van der Waals surface area contributed by atoms with E-state index in [2.05, 4.69) is 14.5 Å². The molecule has 0 radical (unpaired) electrons. The van der Waals surface area contributed by atoms with Crippen molar-refractivity contribution in [2.24, 2.45) is 0 Å². The maximum atomic E-state index is 11.9. The summed E-state index contributed by atoms with van der Waals surface area (Å²) in [6.45, 7) is 0. The zero-order chi connectivity index (χ0) is 14.5. The van der Waals surface area contributed by atoms with Gasteiger partial charge in [0.1, 0.15) is 6.26 Å². The quantitative estimate of drug-likeness (QED) is 0.860. The van der Waals surface area contributed by atoms with Crippen LogP contribution in [0.1, 0.15) is 20.7 Å². The Hall–Kier alpha value is -2.89. The van der Waals surface area contributed by atoms with Crippen molar-refractivity contribution in [2.45, 2.75) is 0 Å². The van der Waals surface area contributed by atoms with Gasteiger partial charge < -0.3 is 14.5 Å². The molecule has 2 rings (SSSR count). The smallest absolute Gasteiger partial charge is 0.337 e. The summed E-state index contributed by atoms with van der Waals surface area (Å²) in [7, 11) is 1.28. The number of anilines is 1. The number of benzene rings is 1. The highest BCUT2D eigenvalue weighted by atomic mass is 16.5. The molecule has 6 heteroatoms. The first-order valence-corrected chi connectivity index (χ1v) is 5.69. The van der Waals surface area contributed by atoms with Crippen LogP contribution in [0.2, 0.25) is 0 Å². The summed E-state index contributed by atoms with van der Waals surface area (Å²) in [5, 5.41) is 2.59. The van der Waals surface area contributed by atoms with Gasteiger partial charge in [0, 0.05) is 11.8 Å². The average Bonchev–Trinajstić information content (AvgIpc) is 2.47. The first-order chi connectivity index (χ1) is 9.60. The van der Waals surface area contributed by atoms with Gasteiger partial charge in [-0.25, -0.2) is 9.59 Å². The Morgan fingerprint density at radius 2 is 1.95 bits per heavy atom. The third kappa shape index (κ3) is 3.11. The second-order valence-corrected chi connectivity index (χ2v) is 3.87. The Balaban J connectivity index is 2.17. The predicted molar refractivity (Wildman–Crippen MR) is 70.7 cm³/mol. The van der Waals surface area contributed by atoms with Gasteiger partial charge in [0.15, 0.2) is 0 Å². The van der Waals surface area contributed by atoms with Crippen LogP contribution in [0.4, 0.5) is 5.69 Å². The number of amides is 1. The number of hydrogen-bond acceptors (Lipinski definition) is 5. The van der Waals surface area contributed by atoms with Crippen LogP contribution in [0.25, 0.3) is 0 Å². The minimum atomic E-state index is -0.533. The molecule has 1 heterocycles. The molecule has 1 aromatic carbocycles. The minimum Gasteiger partial charge on any atom is -0.465 e. The standard InChI is InChI=1S/C14H11NO5/c1-19-14(18)9-3-2-4-11(7-9)15-13(17)10-5-6-12(16)20-8-10/h2-8H,1H3,(H,15,17). The molecule has 0 fully saturated rings. The molecule has 0 atom stereocenters. The van der Waals surface area contributed by atoms with Crippen LogP contribution in [0.15, 0.2) is 51.9 Å². The van der Waals surface area contributed by atoms with E-state index in [9.17, 15) is 14.4 Å². The van der Waals surface area contributed by atoms with Gasteiger partial charge in [-0.15, -0.1) is 0 Å². The second kappa shape index (κ2) is 5.83. The molecule has 1 amide bonds. The van der Waals surface area contributed by atoms with E-state index in [1.54, 1.807) is 18.2 Å². The van der Waals surface area contributed by atoms with Gasteiger partial charge in [0.25, 0.3) is 5.91 Å². The van der Waals surface area contributed by atoms with E-state index in [1.807, 2.05) is 0 Å². The highest BCUT2D eigenvalue weighted by molar-refractivity contribution is 6.04. The van der Waals surface area contributed by atoms with Gasteiger partial charge in [-0.3, -0.25) is 4.79 Å². The highest BCUT2D eigenvalue weighted by Gasteiger charge is 2.09. The van der Waals surface area contributed by atoms with Gasteiger partial charge in [-0.1, -0.05) is 6.07 Å². The molecular weight excluding hydrogens is 262 g/mol. The van der Waals surface area contributed by atoms with E-state index in [-0.39, 0.29) is 5.56 Å². The third-order valence-corrected chi connectivity index (χ3v) is 2.50. The van der Waals surface area contributed by atoms with Crippen LogP contribution in [0, 0.1) is 0 Å². The summed E-state index contributed by atoms with van der Waals surface area (Å²) in [5.41, 5.74) is 0.427. The molecule has 0 spiro atoms. The molecule has 1 N–H and O–H groups in total. The van der Waals surface area contributed by atoms with Crippen molar-refractivity contribution in [1.29, 1.82) is 0 Å². The number of esters is 1. The summed E-state index contributed by atoms with van der Waals surface area (Å²) in [5.74, 6) is -0.942. The minimum absolute atomic E-state index is 0.202. The topological polar surface area (TPSA) is 85.6 Å². The van der Waals surface area contributed by atoms with Crippen molar-refractivity contribution in [2.75, 3.05) is 12.4 Å². The van der Waals surface area contributed by atoms with Gasteiger partial charge in [-0.2, -0.15) is 0 Å². The van der Waals surface area contributed by atoms with Crippen LogP contribution in [-0.2, 0) is 4.74 Å². The molecule has 0 aliphatic heterocycles. The first-order valence-electron chi connectivity index (χ1n) is 5.69. The zero-order valence-electron chi connectivity index (χ0n) is 10.6. The summed E-state index contributed by atoms with van der Waals surface area (Å²) < 4.78 is 9.20. The lowest BCUT2D eigenvalue weighted by Crippen LogP contribution is -2.13. The van der Waals surface area contributed by atoms with Crippen LogP contribution >= 0.6 is 0 Å². The number of hydrogen-bond donors (Lipinski definition) is 1. The average molecular weight is 273 g/mol. The molecule has 20 heavy (non-hydrogen) atoms. The van der Waals surface area contributed by atoms with Crippen LogP contribution in [0.3, 0.4) is 0 Å². The zero-order valence-corrected chi connectivity index (χ0v) is 10.6. The van der Waals surface area contributed by atoms with E-state index in [4.69, 9.17) is 0 Å². The van der Waals surface area contributed by atoms with Crippen molar-refractivity contribution in [3.05, 3.63) is 64.2 Å². The second-order valence-electron chi connectivity index (χ2n) is 3.87. The van der Waals surface area contributed by atoms with E-state index in [0.29, 0.717) is 11.3 Å². The van der Waals surface area contributed by atoms with Gasteiger partial charge in [-0.05, 0) is 24.3 Å². The summed E-state index contributed by atoms with van der Waals surface area (Å²) in [6, 6.07) is 8.81. The molecule has 0 saturated carbocycles. The van der Waals surface area contributed by atoms with Gasteiger partial charge in [0.2, 0.25) is 0 Å². The van der Waals surface area contributed by atoms with Crippen molar-refractivity contribution in [3.63, 3.8) is 0 Å². The summed E-state index contributed by atoms with van der Waals surface area (Å²) in [6.07, 6.45) is 1.07. The monoisotopic (exact) mass is 273 g/mol. The van der Waals surface area contributed by atoms with Crippen molar-refractivity contribution < 1.29 is 18.7 Å². The largest absolute Gasteiger partial charge is 0.465 e. The Morgan fingerprint density at radius 3 is 2.60 bits per heavy atom. The lowest BCUT2D eigenvalue weighted by Gasteiger charge is -2.06. The number of ether oxygens (including phenoxy) is 1. The van der Waals surface area contributed by atoms with Crippen molar-refractivity contribution >= 4 is 17.6 Å². The number of carbonyl (C=O) groups is 2. The SMILES string of the molecule is COC(=O)c1cccc(NC(=O)c2ccc(=O)oc2)c1. The number of nitrogens with one attached hydrogen (secondary N) is 1. The van der Waals surface area contributed by atoms with Crippen LogP contribution in [-0.4, -0.2) is 19.0 Å². The fraction of sp³-hybridized carbons (Fsp3) is 0.0714. The van der Waals surface area contributed by atoms with E-state index >= 15 is 0 Å². The first kappa shape index (κ1) is 13.5. The Bertz CT molecular complexity index is 684. The normalized spacial score (nSPS) is 9.85. The molecule has 0 saturated heterocycles. The molecule has 0 bridgehead atoms. The molecule has 0 unspecified atom stereocenters. The number of carbonyl (C=O) groups excluding carboxylic acids is 2. The molecule has 1 aromatic heterocycles. The van der Waals surface area contributed by atoms with Crippen LogP contribution in [0.5, 0.6) is 0 Å². The molecular formula is C14H11NO5. The molecule has 6 nitrogen and oxygen atoms in total. The summed E-state index contributed by atoms with van der Waals surface area (Å²) >= 11 is 0.